The highest BCUT2D eigenvalue weighted by molar-refractivity contribution is 9.10. The van der Waals surface area contributed by atoms with Crippen molar-refractivity contribution < 1.29 is 0 Å². The van der Waals surface area contributed by atoms with Crippen molar-refractivity contribution in [2.45, 2.75) is 32.4 Å². The van der Waals surface area contributed by atoms with Crippen LogP contribution in [0.3, 0.4) is 0 Å². The van der Waals surface area contributed by atoms with E-state index in [0.29, 0.717) is 4.53 Å². The number of para-hydroxylation sites is 1. The van der Waals surface area contributed by atoms with Crippen molar-refractivity contribution in [3.8, 4) is 0 Å². The van der Waals surface area contributed by atoms with Crippen molar-refractivity contribution in [3.05, 3.63) is 131 Å². The van der Waals surface area contributed by atoms with Gasteiger partial charge in [0.05, 0.1) is 16.3 Å². The normalized spacial score (nSPS) is 16.9. The van der Waals surface area contributed by atoms with E-state index >= 15 is 0 Å². The smallest absolute Gasteiger partial charge is 0.271 e. The molecular weight excluding hydrogens is 542 g/mol. The molecule has 0 fully saturated rings. The second kappa shape index (κ2) is 8.82. The molecule has 0 unspecified atom stereocenters. The second-order valence-electron chi connectivity index (χ2n) is 9.55. The van der Waals surface area contributed by atoms with E-state index in [9.17, 15) is 4.79 Å². The van der Waals surface area contributed by atoms with Crippen LogP contribution in [0.5, 0.6) is 0 Å². The van der Waals surface area contributed by atoms with Crippen LogP contribution in [0.15, 0.2) is 98.8 Å². The number of hydrogen-bond acceptors (Lipinski definition) is 3. The topological polar surface area (TPSA) is 39.3 Å². The molecule has 6 heteroatoms. The van der Waals surface area contributed by atoms with Gasteiger partial charge in [-0.2, -0.15) is 0 Å². The summed E-state index contributed by atoms with van der Waals surface area (Å²) in [7, 11) is 0. The Morgan fingerprint density at radius 2 is 1.81 bits per heavy atom. The van der Waals surface area contributed by atoms with Crippen LogP contribution < -0.4 is 14.9 Å². The number of benzene rings is 3. The van der Waals surface area contributed by atoms with Crippen LogP contribution in [-0.2, 0) is 13.0 Å². The highest BCUT2D eigenvalue weighted by Gasteiger charge is 2.32. The summed E-state index contributed by atoms with van der Waals surface area (Å²) in [5, 5.41) is 1.16. The summed E-state index contributed by atoms with van der Waals surface area (Å²) in [5.74, 6) is 0. The Hall–Kier alpha value is -3.48. The van der Waals surface area contributed by atoms with E-state index in [2.05, 4.69) is 106 Å². The lowest BCUT2D eigenvalue weighted by atomic mass is 9.83. The van der Waals surface area contributed by atoms with Gasteiger partial charge in [0.25, 0.3) is 5.56 Å². The molecule has 0 spiro atoms. The second-order valence-corrected chi connectivity index (χ2v) is 11.5. The van der Waals surface area contributed by atoms with Crippen molar-refractivity contribution in [1.82, 2.24) is 9.13 Å². The molecule has 3 heterocycles. The zero-order valence-corrected chi connectivity index (χ0v) is 22.7. The molecule has 5 aromatic rings. The van der Waals surface area contributed by atoms with Crippen molar-refractivity contribution in [2.75, 3.05) is 0 Å². The van der Waals surface area contributed by atoms with E-state index in [1.54, 1.807) is 0 Å². The Balaban J connectivity index is 1.49. The van der Waals surface area contributed by atoms with Crippen LogP contribution in [-0.4, -0.2) is 9.13 Å². The van der Waals surface area contributed by atoms with Crippen LogP contribution in [0.25, 0.3) is 22.7 Å². The number of allylic oxidation sites excluding steroid dienone is 1. The molecule has 2 aliphatic rings. The molecule has 1 atom stereocenters. The predicted octanol–water partition coefficient (Wildman–Crippen LogP) is 6.06. The first-order valence-electron chi connectivity index (χ1n) is 12.6. The SMILES string of the molecule is CCn1cc(/C=c2\sc3n(c2=O)[C@@H](c2ccc(Br)cc2)C2=C(N=3)c3ccccc3CC2)c2ccccc21. The Labute approximate surface area is 226 Å². The third-order valence-corrected chi connectivity index (χ3v) is 9.02. The summed E-state index contributed by atoms with van der Waals surface area (Å²) in [6.07, 6.45) is 6.05. The van der Waals surface area contributed by atoms with Crippen LogP contribution in [0, 0.1) is 0 Å². The van der Waals surface area contributed by atoms with Crippen LogP contribution >= 0.6 is 27.3 Å². The lowest BCUT2D eigenvalue weighted by Gasteiger charge is -2.30. The maximum atomic E-state index is 14.0. The fraction of sp³-hybridized carbons (Fsp3) is 0.161. The third-order valence-electron chi connectivity index (χ3n) is 7.51. The number of aryl methyl sites for hydroxylation is 2. The maximum Gasteiger partial charge on any atom is 0.271 e. The molecule has 37 heavy (non-hydrogen) atoms. The monoisotopic (exact) mass is 565 g/mol. The molecule has 7 rings (SSSR count). The van der Waals surface area contributed by atoms with Gasteiger partial charge in [-0.05, 0) is 60.7 Å². The average Bonchev–Trinajstić information content (AvgIpc) is 3.45. The number of rotatable bonds is 3. The molecule has 0 amide bonds. The fourth-order valence-corrected chi connectivity index (χ4v) is 7.02. The molecule has 3 aromatic carbocycles. The van der Waals surface area contributed by atoms with Gasteiger partial charge >= 0.3 is 0 Å². The van der Waals surface area contributed by atoms with Gasteiger partial charge in [-0.1, -0.05) is 81.9 Å². The highest BCUT2D eigenvalue weighted by Crippen LogP contribution is 2.41. The van der Waals surface area contributed by atoms with Gasteiger partial charge in [-0.3, -0.25) is 9.36 Å². The van der Waals surface area contributed by atoms with Crippen LogP contribution in [0.2, 0.25) is 0 Å². The van der Waals surface area contributed by atoms with Gasteiger partial charge in [0.15, 0.2) is 4.80 Å². The first-order valence-corrected chi connectivity index (χ1v) is 14.2. The van der Waals surface area contributed by atoms with Gasteiger partial charge < -0.3 is 4.57 Å². The van der Waals surface area contributed by atoms with Crippen molar-refractivity contribution >= 4 is 49.9 Å². The first-order chi connectivity index (χ1) is 18.1. The maximum absolute atomic E-state index is 14.0. The van der Waals surface area contributed by atoms with E-state index < -0.39 is 0 Å². The molecule has 4 nitrogen and oxygen atoms in total. The predicted molar refractivity (Wildman–Crippen MR) is 155 cm³/mol. The van der Waals surface area contributed by atoms with Crippen molar-refractivity contribution in [2.24, 2.45) is 4.99 Å². The molecule has 0 N–H and O–H groups in total. The van der Waals surface area contributed by atoms with Gasteiger partial charge in [0, 0.05) is 39.2 Å². The van der Waals surface area contributed by atoms with E-state index in [0.717, 1.165) is 50.9 Å². The van der Waals surface area contributed by atoms with Gasteiger partial charge in [-0.15, -0.1) is 0 Å². The van der Waals surface area contributed by atoms with Gasteiger partial charge in [-0.25, -0.2) is 4.99 Å². The lowest BCUT2D eigenvalue weighted by Crippen LogP contribution is -2.38. The number of thiazole rings is 1. The van der Waals surface area contributed by atoms with Crippen LogP contribution in [0.4, 0.5) is 0 Å². The van der Waals surface area contributed by atoms with Crippen molar-refractivity contribution in [3.63, 3.8) is 0 Å². The highest BCUT2D eigenvalue weighted by atomic mass is 79.9. The summed E-state index contributed by atoms with van der Waals surface area (Å²) in [5.41, 5.74) is 8.16. The minimum Gasteiger partial charge on any atom is -0.347 e. The summed E-state index contributed by atoms with van der Waals surface area (Å²) >= 11 is 5.06. The molecule has 1 aliphatic heterocycles. The van der Waals surface area contributed by atoms with E-state index in [1.165, 1.54) is 33.6 Å². The van der Waals surface area contributed by atoms with Gasteiger partial charge in [0.1, 0.15) is 0 Å². The zero-order valence-electron chi connectivity index (χ0n) is 20.3. The molecule has 2 aromatic heterocycles. The summed E-state index contributed by atoms with van der Waals surface area (Å²) < 4.78 is 5.90. The minimum atomic E-state index is -0.160. The molecular formula is C31H24BrN3OS. The van der Waals surface area contributed by atoms with Crippen molar-refractivity contribution in [1.29, 1.82) is 0 Å². The van der Waals surface area contributed by atoms with Gasteiger partial charge in [0.2, 0.25) is 0 Å². The van der Waals surface area contributed by atoms with E-state index in [-0.39, 0.29) is 11.6 Å². The first kappa shape index (κ1) is 22.7. The molecule has 182 valence electrons. The zero-order chi connectivity index (χ0) is 25.1. The molecule has 0 saturated carbocycles. The summed E-state index contributed by atoms with van der Waals surface area (Å²) in [4.78, 5) is 19.9. The fourth-order valence-electron chi connectivity index (χ4n) is 5.76. The van der Waals surface area contributed by atoms with Crippen LogP contribution in [0.1, 0.15) is 41.6 Å². The average molecular weight is 567 g/mol. The Bertz CT molecular complexity index is 1910. The quantitative estimate of drug-likeness (QED) is 0.262. The standard InChI is InChI=1S/C31H24BrN3OS/c1-2-34-18-21(23-8-5-6-10-26(23)34)17-27-30(36)35-29(20-11-14-22(32)15-12-20)25-16-13-19-7-3-4-9-24(19)28(25)33-31(35)37-27/h3-12,14-15,17-18,29H,2,13,16H2,1H3/b27-17-/t29-/m0/s1. The Kier molecular flexibility index (Phi) is 5.41. The largest absolute Gasteiger partial charge is 0.347 e. The number of fused-ring (bicyclic) bond motifs is 4. The number of aromatic nitrogens is 2. The summed E-state index contributed by atoms with van der Waals surface area (Å²) in [6, 6.07) is 25.1. The van der Waals surface area contributed by atoms with E-state index in [1.807, 2.05) is 10.6 Å². The number of halogens is 1. The molecule has 0 bridgehead atoms. The van der Waals surface area contributed by atoms with E-state index in [4.69, 9.17) is 4.99 Å². The Morgan fingerprint density at radius 3 is 2.65 bits per heavy atom. The third kappa shape index (κ3) is 3.62. The molecule has 0 radical (unpaired) electrons. The number of hydrogen-bond donors (Lipinski definition) is 0. The lowest BCUT2D eigenvalue weighted by molar-refractivity contribution is 0.585. The number of nitrogens with zero attached hydrogens (tertiary/aromatic N) is 3. The summed E-state index contributed by atoms with van der Waals surface area (Å²) in [6.45, 7) is 3.02. The molecule has 0 saturated heterocycles. The Morgan fingerprint density at radius 1 is 1.03 bits per heavy atom. The minimum absolute atomic E-state index is 0.0235. The molecule has 1 aliphatic carbocycles.